The lowest BCUT2D eigenvalue weighted by Gasteiger charge is -2.16. The average Bonchev–Trinajstić information content (AvgIpc) is 2.65. The van der Waals surface area contributed by atoms with Crippen molar-refractivity contribution in [3.8, 4) is 0 Å². The molecule has 19 heavy (non-hydrogen) atoms. The summed E-state index contributed by atoms with van der Waals surface area (Å²) in [6, 6.07) is 4.20. The van der Waals surface area contributed by atoms with E-state index >= 15 is 0 Å². The van der Waals surface area contributed by atoms with Crippen LogP contribution in [0.4, 0.5) is 0 Å². The molecular formula is C15H22N2O2. The van der Waals surface area contributed by atoms with Crippen molar-refractivity contribution in [3.05, 3.63) is 29.1 Å². The third kappa shape index (κ3) is 3.77. The zero-order chi connectivity index (χ0) is 13.8. The van der Waals surface area contributed by atoms with Crippen LogP contribution in [0, 0.1) is 19.8 Å². The maximum atomic E-state index is 11.9. The summed E-state index contributed by atoms with van der Waals surface area (Å²) in [5.74, 6) is 0.629. The van der Waals surface area contributed by atoms with Gasteiger partial charge in [-0.25, -0.2) is 0 Å². The number of aromatic nitrogens is 1. The zero-order valence-corrected chi connectivity index (χ0v) is 12.0. The molecule has 1 amide bonds. The quantitative estimate of drug-likeness (QED) is 0.811. The first-order chi connectivity index (χ1) is 9.08. The van der Waals surface area contributed by atoms with Crippen LogP contribution in [-0.4, -0.2) is 42.6 Å². The minimum atomic E-state index is 0.242. The van der Waals surface area contributed by atoms with E-state index in [1.165, 1.54) is 5.56 Å². The predicted octanol–water partition coefficient (Wildman–Crippen LogP) is 1.74. The molecule has 1 atom stereocenters. The molecule has 0 radical (unpaired) electrons. The van der Waals surface area contributed by atoms with E-state index in [1.54, 1.807) is 7.11 Å². The minimum absolute atomic E-state index is 0.242. The van der Waals surface area contributed by atoms with Crippen LogP contribution in [0.1, 0.15) is 23.4 Å². The number of nitrogens with zero attached hydrogens (tertiary/aromatic N) is 2. The van der Waals surface area contributed by atoms with Crippen LogP contribution in [0.5, 0.6) is 0 Å². The Morgan fingerprint density at radius 1 is 1.42 bits per heavy atom. The van der Waals surface area contributed by atoms with Gasteiger partial charge in [-0.15, -0.1) is 0 Å². The Morgan fingerprint density at radius 3 is 2.89 bits per heavy atom. The lowest BCUT2D eigenvalue weighted by molar-refractivity contribution is -0.128. The van der Waals surface area contributed by atoms with Gasteiger partial charge in [0.15, 0.2) is 0 Å². The molecule has 0 saturated carbocycles. The summed E-state index contributed by atoms with van der Waals surface area (Å²) in [6.45, 7) is 6.24. The monoisotopic (exact) mass is 262 g/mol. The second-order valence-electron chi connectivity index (χ2n) is 5.38. The van der Waals surface area contributed by atoms with Gasteiger partial charge in [0, 0.05) is 38.0 Å². The largest absolute Gasteiger partial charge is 0.383 e. The van der Waals surface area contributed by atoms with Crippen LogP contribution in [0.3, 0.4) is 0 Å². The lowest BCUT2D eigenvalue weighted by Crippen LogP contribution is -2.29. The number of rotatable bonds is 5. The fourth-order valence-corrected chi connectivity index (χ4v) is 2.73. The standard InChI is InChI=1S/C15H22N2O2/c1-11-6-12(2)16-14(7-11)8-13-9-15(18)17(10-13)4-5-19-3/h6-7,13H,4-5,8-10H2,1-3H3/t13-/m1/s1. The van der Waals surface area contributed by atoms with Crippen molar-refractivity contribution in [1.82, 2.24) is 9.88 Å². The van der Waals surface area contributed by atoms with Crippen molar-refractivity contribution < 1.29 is 9.53 Å². The molecule has 4 heteroatoms. The lowest BCUT2D eigenvalue weighted by atomic mass is 10.0. The summed E-state index contributed by atoms with van der Waals surface area (Å²) >= 11 is 0. The summed E-state index contributed by atoms with van der Waals surface area (Å²) in [4.78, 5) is 18.3. The third-order valence-corrected chi connectivity index (χ3v) is 3.51. The Kier molecular flexibility index (Phi) is 4.53. The molecule has 0 unspecified atom stereocenters. The van der Waals surface area contributed by atoms with E-state index in [9.17, 15) is 4.79 Å². The number of carbonyl (C=O) groups is 1. The molecule has 0 aliphatic carbocycles. The molecule has 2 heterocycles. The van der Waals surface area contributed by atoms with Gasteiger partial charge in [0.1, 0.15) is 0 Å². The normalized spacial score (nSPS) is 19.2. The second-order valence-corrected chi connectivity index (χ2v) is 5.38. The molecule has 0 N–H and O–H groups in total. The molecule has 1 aromatic rings. The Hall–Kier alpha value is -1.42. The molecular weight excluding hydrogens is 240 g/mol. The number of hydrogen-bond donors (Lipinski definition) is 0. The van der Waals surface area contributed by atoms with E-state index in [4.69, 9.17) is 4.74 Å². The highest BCUT2D eigenvalue weighted by atomic mass is 16.5. The molecule has 1 fully saturated rings. The van der Waals surface area contributed by atoms with Crippen molar-refractivity contribution in [3.63, 3.8) is 0 Å². The number of amides is 1. The Balaban J connectivity index is 1.95. The topological polar surface area (TPSA) is 42.4 Å². The van der Waals surface area contributed by atoms with Crippen LogP contribution in [0.2, 0.25) is 0 Å². The first kappa shape index (κ1) is 14.0. The number of likely N-dealkylation sites (tertiary alicyclic amines) is 1. The third-order valence-electron chi connectivity index (χ3n) is 3.51. The molecule has 1 aromatic heterocycles. The number of ether oxygens (including phenoxy) is 1. The van der Waals surface area contributed by atoms with E-state index in [0.717, 1.165) is 24.4 Å². The van der Waals surface area contributed by atoms with E-state index in [0.29, 0.717) is 25.5 Å². The van der Waals surface area contributed by atoms with E-state index < -0.39 is 0 Å². The van der Waals surface area contributed by atoms with Crippen LogP contribution in [-0.2, 0) is 16.0 Å². The molecule has 4 nitrogen and oxygen atoms in total. The Bertz CT molecular complexity index is 439. The first-order valence-corrected chi connectivity index (χ1v) is 6.79. The molecule has 1 saturated heterocycles. The van der Waals surface area contributed by atoms with Gasteiger partial charge >= 0.3 is 0 Å². The summed E-state index contributed by atoms with van der Waals surface area (Å²) in [5.41, 5.74) is 3.39. The molecule has 0 spiro atoms. The molecule has 1 aliphatic heterocycles. The van der Waals surface area contributed by atoms with Crippen LogP contribution < -0.4 is 0 Å². The van der Waals surface area contributed by atoms with Crippen molar-refractivity contribution in [2.75, 3.05) is 26.8 Å². The maximum Gasteiger partial charge on any atom is 0.223 e. The smallest absolute Gasteiger partial charge is 0.223 e. The maximum absolute atomic E-state index is 11.9. The van der Waals surface area contributed by atoms with Gasteiger partial charge in [-0.2, -0.15) is 0 Å². The van der Waals surface area contributed by atoms with Crippen molar-refractivity contribution in [2.45, 2.75) is 26.7 Å². The Labute approximate surface area is 114 Å². The summed E-state index contributed by atoms with van der Waals surface area (Å²) in [6.07, 6.45) is 1.52. The van der Waals surface area contributed by atoms with Crippen LogP contribution >= 0.6 is 0 Å². The van der Waals surface area contributed by atoms with Crippen molar-refractivity contribution in [2.24, 2.45) is 5.92 Å². The first-order valence-electron chi connectivity index (χ1n) is 6.79. The molecule has 2 rings (SSSR count). The fraction of sp³-hybridized carbons (Fsp3) is 0.600. The van der Waals surface area contributed by atoms with E-state index in [1.807, 2.05) is 11.8 Å². The zero-order valence-electron chi connectivity index (χ0n) is 12.0. The highest BCUT2D eigenvalue weighted by Gasteiger charge is 2.29. The number of hydrogen-bond acceptors (Lipinski definition) is 3. The number of aryl methyl sites for hydroxylation is 2. The second kappa shape index (κ2) is 6.15. The van der Waals surface area contributed by atoms with Gasteiger partial charge in [0.05, 0.1) is 6.61 Å². The SMILES string of the molecule is COCCN1C[C@H](Cc2cc(C)cc(C)n2)CC1=O. The number of methoxy groups -OCH3 is 1. The number of pyridine rings is 1. The van der Waals surface area contributed by atoms with Crippen LogP contribution in [0.15, 0.2) is 12.1 Å². The summed E-state index contributed by atoms with van der Waals surface area (Å²) < 4.78 is 5.03. The molecule has 0 aromatic carbocycles. The van der Waals surface area contributed by atoms with Crippen LogP contribution in [0.25, 0.3) is 0 Å². The van der Waals surface area contributed by atoms with Gasteiger partial charge in [0.2, 0.25) is 5.91 Å². The number of carbonyl (C=O) groups excluding carboxylic acids is 1. The van der Waals surface area contributed by atoms with Gasteiger partial charge in [-0.1, -0.05) is 0 Å². The average molecular weight is 262 g/mol. The van der Waals surface area contributed by atoms with Gasteiger partial charge in [0.25, 0.3) is 0 Å². The molecule has 104 valence electrons. The van der Waals surface area contributed by atoms with Gasteiger partial charge in [-0.3, -0.25) is 9.78 Å². The van der Waals surface area contributed by atoms with Gasteiger partial charge in [-0.05, 0) is 43.9 Å². The van der Waals surface area contributed by atoms with E-state index in [-0.39, 0.29) is 5.91 Å². The van der Waals surface area contributed by atoms with Gasteiger partial charge < -0.3 is 9.64 Å². The Morgan fingerprint density at radius 2 is 2.21 bits per heavy atom. The molecule has 1 aliphatic rings. The summed E-state index contributed by atoms with van der Waals surface area (Å²) in [5, 5.41) is 0. The fourth-order valence-electron chi connectivity index (χ4n) is 2.73. The minimum Gasteiger partial charge on any atom is -0.383 e. The van der Waals surface area contributed by atoms with E-state index in [2.05, 4.69) is 24.0 Å². The molecule has 0 bridgehead atoms. The highest BCUT2D eigenvalue weighted by molar-refractivity contribution is 5.78. The van der Waals surface area contributed by atoms with Crippen molar-refractivity contribution >= 4 is 5.91 Å². The highest BCUT2D eigenvalue weighted by Crippen LogP contribution is 2.21. The van der Waals surface area contributed by atoms with Crippen molar-refractivity contribution in [1.29, 1.82) is 0 Å². The predicted molar refractivity (Wildman–Crippen MR) is 74.0 cm³/mol. The summed E-state index contributed by atoms with van der Waals surface area (Å²) in [7, 11) is 1.66.